The average molecular weight is 234 g/mol. The number of carbonyl (C=O) groups excluding carboxylic acids is 1. The molecule has 0 aromatic heterocycles. The lowest BCUT2D eigenvalue weighted by atomic mass is 10.1. The van der Waals surface area contributed by atoms with E-state index in [2.05, 4.69) is 5.73 Å². The normalized spacial score (nSPS) is 12.5. The minimum Gasteiger partial charge on any atom is -0.544 e. The molecule has 3 N–H and O–H groups in total. The molecule has 1 atom stereocenters. The summed E-state index contributed by atoms with van der Waals surface area (Å²) in [4.78, 5) is 10.5. The molecule has 76 valence electrons. The highest BCUT2D eigenvalue weighted by atomic mass is 35.5. The van der Waals surface area contributed by atoms with Gasteiger partial charge in [-0.2, -0.15) is 0 Å². The first-order valence-electron chi connectivity index (χ1n) is 3.99. The van der Waals surface area contributed by atoms with Gasteiger partial charge in [0.25, 0.3) is 0 Å². The second-order valence-corrected chi connectivity index (χ2v) is 3.72. The number of aliphatic carboxylic acids is 1. The van der Waals surface area contributed by atoms with Crippen LogP contribution in [0.1, 0.15) is 5.56 Å². The second kappa shape index (κ2) is 4.64. The molecule has 3 nitrogen and oxygen atoms in total. The smallest absolute Gasteiger partial charge is 0.129 e. The molecule has 1 aromatic rings. The van der Waals surface area contributed by atoms with Gasteiger partial charge in [0.1, 0.15) is 6.04 Å². The van der Waals surface area contributed by atoms with Gasteiger partial charge < -0.3 is 15.6 Å². The molecular formula is C9H9Cl2NO2. The van der Waals surface area contributed by atoms with E-state index in [9.17, 15) is 9.90 Å². The summed E-state index contributed by atoms with van der Waals surface area (Å²) in [6.07, 6.45) is 0.224. The van der Waals surface area contributed by atoms with Crippen LogP contribution < -0.4 is 10.8 Å². The molecule has 0 spiro atoms. The maximum absolute atomic E-state index is 10.5. The van der Waals surface area contributed by atoms with Gasteiger partial charge in [-0.05, 0) is 11.6 Å². The van der Waals surface area contributed by atoms with Gasteiger partial charge in [0.05, 0.1) is 16.0 Å². The molecule has 1 aromatic carbocycles. The summed E-state index contributed by atoms with van der Waals surface area (Å²) in [7, 11) is 0. The molecule has 0 unspecified atom stereocenters. The number of rotatable bonds is 3. The van der Waals surface area contributed by atoms with Crippen molar-refractivity contribution in [2.75, 3.05) is 0 Å². The molecule has 0 aliphatic rings. The van der Waals surface area contributed by atoms with Crippen LogP contribution in [-0.2, 0) is 11.2 Å². The average Bonchev–Trinajstić information content (AvgIpc) is 2.12. The van der Waals surface area contributed by atoms with Gasteiger partial charge >= 0.3 is 0 Å². The van der Waals surface area contributed by atoms with Crippen LogP contribution in [0.4, 0.5) is 0 Å². The third-order valence-electron chi connectivity index (χ3n) is 1.83. The molecule has 1 rings (SSSR count). The molecule has 0 aliphatic heterocycles. The minimum absolute atomic E-state index is 0.224. The summed E-state index contributed by atoms with van der Waals surface area (Å²) in [5.74, 6) is -1.19. The Labute approximate surface area is 91.4 Å². The van der Waals surface area contributed by atoms with Crippen molar-refractivity contribution in [1.29, 1.82) is 0 Å². The SMILES string of the molecule is [NH3+][C@H](Cc1cccc(Cl)c1Cl)C(=O)[O-]. The third kappa shape index (κ3) is 2.61. The maximum Gasteiger partial charge on any atom is 0.129 e. The molecule has 0 heterocycles. The summed E-state index contributed by atoms with van der Waals surface area (Å²) in [6.45, 7) is 0. The number of carboxylic acids is 1. The lowest BCUT2D eigenvalue weighted by Gasteiger charge is -2.10. The number of halogens is 2. The van der Waals surface area contributed by atoms with Crippen molar-refractivity contribution in [3.8, 4) is 0 Å². The predicted molar refractivity (Wildman–Crippen MR) is 51.8 cm³/mol. The number of quaternary nitrogens is 1. The van der Waals surface area contributed by atoms with Crippen LogP contribution in [0.3, 0.4) is 0 Å². The highest BCUT2D eigenvalue weighted by molar-refractivity contribution is 6.42. The lowest BCUT2D eigenvalue weighted by molar-refractivity contribution is -0.436. The fraction of sp³-hybridized carbons (Fsp3) is 0.222. The van der Waals surface area contributed by atoms with Gasteiger partial charge in [-0.1, -0.05) is 35.3 Å². The third-order valence-corrected chi connectivity index (χ3v) is 2.69. The van der Waals surface area contributed by atoms with Crippen molar-refractivity contribution in [3.63, 3.8) is 0 Å². The Bertz CT molecular complexity index is 355. The van der Waals surface area contributed by atoms with Crippen molar-refractivity contribution in [2.45, 2.75) is 12.5 Å². The molecule has 0 radical (unpaired) electrons. The van der Waals surface area contributed by atoms with Crippen LogP contribution in [0.5, 0.6) is 0 Å². The van der Waals surface area contributed by atoms with Crippen molar-refractivity contribution in [1.82, 2.24) is 0 Å². The zero-order valence-electron chi connectivity index (χ0n) is 7.30. The summed E-state index contributed by atoms with van der Waals surface area (Å²) in [5.41, 5.74) is 4.11. The Balaban J connectivity index is 2.87. The number of hydrogen-bond acceptors (Lipinski definition) is 2. The van der Waals surface area contributed by atoms with Crippen LogP contribution in [0.2, 0.25) is 10.0 Å². The predicted octanol–water partition coefficient (Wildman–Crippen LogP) is -0.104. The molecule has 14 heavy (non-hydrogen) atoms. The summed E-state index contributed by atoms with van der Waals surface area (Å²) < 4.78 is 0. The first-order valence-corrected chi connectivity index (χ1v) is 4.74. The van der Waals surface area contributed by atoms with Crippen LogP contribution >= 0.6 is 23.2 Å². The Morgan fingerprint density at radius 1 is 1.50 bits per heavy atom. The molecular weight excluding hydrogens is 225 g/mol. The minimum atomic E-state index is -1.19. The van der Waals surface area contributed by atoms with Crippen LogP contribution in [0.15, 0.2) is 18.2 Å². The van der Waals surface area contributed by atoms with Gasteiger partial charge in [0, 0.05) is 6.42 Å². The highest BCUT2D eigenvalue weighted by Crippen LogP contribution is 2.25. The maximum atomic E-state index is 10.5. The monoisotopic (exact) mass is 233 g/mol. The van der Waals surface area contributed by atoms with E-state index < -0.39 is 12.0 Å². The Hall–Kier alpha value is -0.770. The summed E-state index contributed by atoms with van der Waals surface area (Å²) in [6, 6.07) is 4.26. The number of hydrogen-bond donors (Lipinski definition) is 1. The first kappa shape index (κ1) is 11.3. The number of carbonyl (C=O) groups is 1. The molecule has 0 saturated carbocycles. The summed E-state index contributed by atoms with van der Waals surface area (Å²) >= 11 is 11.6. The topological polar surface area (TPSA) is 67.8 Å². The van der Waals surface area contributed by atoms with Crippen LogP contribution in [-0.4, -0.2) is 12.0 Å². The number of benzene rings is 1. The lowest BCUT2D eigenvalue weighted by Crippen LogP contribution is -2.69. The van der Waals surface area contributed by atoms with E-state index in [1.54, 1.807) is 18.2 Å². The first-order chi connectivity index (χ1) is 6.52. The van der Waals surface area contributed by atoms with E-state index in [1.165, 1.54) is 0 Å². The van der Waals surface area contributed by atoms with E-state index in [-0.39, 0.29) is 6.42 Å². The molecule has 0 bridgehead atoms. The van der Waals surface area contributed by atoms with E-state index in [0.717, 1.165) is 0 Å². The fourth-order valence-corrected chi connectivity index (χ4v) is 1.45. The van der Waals surface area contributed by atoms with Gasteiger partial charge in [-0.15, -0.1) is 0 Å². The quantitative estimate of drug-likeness (QED) is 0.793. The van der Waals surface area contributed by atoms with E-state index >= 15 is 0 Å². The highest BCUT2D eigenvalue weighted by Gasteiger charge is 2.12. The van der Waals surface area contributed by atoms with Gasteiger partial charge in [0.2, 0.25) is 0 Å². The van der Waals surface area contributed by atoms with E-state index in [4.69, 9.17) is 23.2 Å². The van der Waals surface area contributed by atoms with Crippen molar-refractivity contribution < 1.29 is 15.6 Å². The molecule has 0 fully saturated rings. The van der Waals surface area contributed by atoms with Gasteiger partial charge in [-0.3, -0.25) is 0 Å². The zero-order valence-corrected chi connectivity index (χ0v) is 8.81. The van der Waals surface area contributed by atoms with Crippen molar-refractivity contribution in [2.24, 2.45) is 0 Å². The Morgan fingerprint density at radius 2 is 2.14 bits per heavy atom. The molecule has 0 amide bonds. The van der Waals surface area contributed by atoms with Crippen molar-refractivity contribution in [3.05, 3.63) is 33.8 Å². The molecule has 0 aliphatic carbocycles. The Kier molecular flexibility index (Phi) is 3.75. The van der Waals surface area contributed by atoms with Crippen molar-refractivity contribution >= 4 is 29.2 Å². The number of carboxylic acid groups (broad SMARTS) is 1. The second-order valence-electron chi connectivity index (χ2n) is 2.93. The van der Waals surface area contributed by atoms with E-state index in [0.29, 0.717) is 15.6 Å². The van der Waals surface area contributed by atoms with Crippen LogP contribution in [0, 0.1) is 0 Å². The standard InChI is InChI=1S/C9H9Cl2NO2/c10-6-3-1-2-5(8(6)11)4-7(12)9(13)14/h1-3,7H,4,12H2,(H,13,14)/t7-/m1/s1. The van der Waals surface area contributed by atoms with E-state index in [1.807, 2.05) is 0 Å². The molecule has 0 saturated heterocycles. The largest absolute Gasteiger partial charge is 0.544 e. The van der Waals surface area contributed by atoms with Gasteiger partial charge in [-0.25, -0.2) is 0 Å². The molecule has 5 heteroatoms. The summed E-state index contributed by atoms with van der Waals surface area (Å²) in [5, 5.41) is 11.2. The van der Waals surface area contributed by atoms with Gasteiger partial charge in [0.15, 0.2) is 0 Å². The Morgan fingerprint density at radius 3 is 2.71 bits per heavy atom. The van der Waals surface area contributed by atoms with Crippen LogP contribution in [0.25, 0.3) is 0 Å². The fourth-order valence-electron chi connectivity index (χ4n) is 1.05. The zero-order chi connectivity index (χ0) is 10.7.